The first-order valence-electron chi connectivity index (χ1n) is 5.58. The number of aliphatic carboxylic acids is 1. The Morgan fingerprint density at radius 1 is 1.50 bits per heavy atom. The van der Waals surface area contributed by atoms with Crippen molar-refractivity contribution in [2.75, 3.05) is 19.7 Å². The molecule has 0 amide bonds. The first-order chi connectivity index (χ1) is 7.30. The third kappa shape index (κ3) is 3.61. The van der Waals surface area contributed by atoms with Gasteiger partial charge in [0.1, 0.15) is 0 Å². The number of carboxylic acid groups (broad SMARTS) is 1. The molecule has 0 aromatic carbocycles. The number of rotatable bonds is 2. The van der Waals surface area contributed by atoms with Crippen LogP contribution in [0, 0.1) is 0 Å². The fourth-order valence-electron chi connectivity index (χ4n) is 1.82. The van der Waals surface area contributed by atoms with Crippen molar-refractivity contribution >= 4 is 5.97 Å². The highest BCUT2D eigenvalue weighted by atomic mass is 16.5. The van der Waals surface area contributed by atoms with Crippen molar-refractivity contribution in [3.8, 4) is 0 Å². The average molecular weight is 227 g/mol. The van der Waals surface area contributed by atoms with Crippen molar-refractivity contribution in [3.63, 3.8) is 0 Å². The van der Waals surface area contributed by atoms with E-state index in [1.807, 2.05) is 6.92 Å². The first-order valence-corrected chi connectivity index (χ1v) is 5.58. The number of hydrogen-bond acceptors (Lipinski definition) is 3. The van der Waals surface area contributed by atoms with E-state index in [2.05, 4.69) is 25.7 Å². The molecule has 1 heterocycles. The van der Waals surface area contributed by atoms with Gasteiger partial charge in [-0.2, -0.15) is 0 Å². The topological polar surface area (TPSA) is 49.8 Å². The van der Waals surface area contributed by atoms with E-state index in [0.717, 1.165) is 18.7 Å². The summed E-state index contributed by atoms with van der Waals surface area (Å²) in [4.78, 5) is 12.9. The molecule has 0 bridgehead atoms. The number of carboxylic acids is 1. The van der Waals surface area contributed by atoms with E-state index in [1.54, 1.807) is 0 Å². The molecule has 0 aromatic rings. The number of morpholine rings is 1. The Morgan fingerprint density at radius 2 is 2.12 bits per heavy atom. The molecule has 92 valence electrons. The molecule has 0 radical (unpaired) electrons. The Hall–Kier alpha value is -0.870. The highest BCUT2D eigenvalue weighted by Gasteiger charge is 2.29. The zero-order valence-corrected chi connectivity index (χ0v) is 10.5. The van der Waals surface area contributed by atoms with Gasteiger partial charge >= 0.3 is 5.97 Å². The first kappa shape index (κ1) is 13.2. The number of carbonyl (C=O) groups is 1. The maximum absolute atomic E-state index is 10.6. The van der Waals surface area contributed by atoms with Crippen LogP contribution < -0.4 is 0 Å². The van der Waals surface area contributed by atoms with E-state index in [9.17, 15) is 4.79 Å². The molecule has 4 nitrogen and oxygen atoms in total. The third-order valence-electron chi connectivity index (χ3n) is 2.87. The van der Waals surface area contributed by atoms with Gasteiger partial charge in [-0.1, -0.05) is 0 Å². The summed E-state index contributed by atoms with van der Waals surface area (Å²) in [6, 6.07) is 0. The van der Waals surface area contributed by atoms with E-state index < -0.39 is 5.97 Å². The summed E-state index contributed by atoms with van der Waals surface area (Å²) in [6.07, 6.45) is 1.14. The molecule has 1 saturated heterocycles. The van der Waals surface area contributed by atoms with E-state index in [4.69, 9.17) is 9.84 Å². The summed E-state index contributed by atoms with van der Waals surface area (Å²) < 4.78 is 5.59. The summed E-state index contributed by atoms with van der Waals surface area (Å²) in [7, 11) is 0. The van der Waals surface area contributed by atoms with Gasteiger partial charge in [0, 0.05) is 24.7 Å². The zero-order valence-electron chi connectivity index (χ0n) is 10.5. The van der Waals surface area contributed by atoms with Gasteiger partial charge in [0.15, 0.2) is 0 Å². The third-order valence-corrected chi connectivity index (χ3v) is 2.87. The largest absolute Gasteiger partial charge is 0.478 e. The molecule has 1 N–H and O–H groups in total. The quantitative estimate of drug-likeness (QED) is 0.727. The monoisotopic (exact) mass is 227 g/mol. The SMILES string of the molecule is C/C(=C\C(=O)O)[C@@H]1CN(C(C)(C)C)CCO1. The van der Waals surface area contributed by atoms with Crippen LogP contribution in [0.25, 0.3) is 0 Å². The Labute approximate surface area is 96.9 Å². The molecule has 1 fully saturated rings. The summed E-state index contributed by atoms with van der Waals surface area (Å²) in [5.41, 5.74) is 0.882. The smallest absolute Gasteiger partial charge is 0.328 e. The van der Waals surface area contributed by atoms with Crippen LogP contribution in [0.15, 0.2) is 11.6 Å². The lowest BCUT2D eigenvalue weighted by molar-refractivity contribution is -0.131. The molecule has 1 aliphatic heterocycles. The molecule has 1 aliphatic rings. The van der Waals surface area contributed by atoms with Crippen LogP contribution in [0.4, 0.5) is 0 Å². The fraction of sp³-hybridized carbons (Fsp3) is 0.750. The summed E-state index contributed by atoms with van der Waals surface area (Å²) in [5, 5.41) is 8.69. The number of hydrogen-bond donors (Lipinski definition) is 1. The minimum Gasteiger partial charge on any atom is -0.478 e. The van der Waals surface area contributed by atoms with Crippen molar-refractivity contribution in [2.45, 2.75) is 39.3 Å². The Balaban J connectivity index is 2.67. The van der Waals surface area contributed by atoms with Crippen LogP contribution in [0.1, 0.15) is 27.7 Å². The second-order valence-electron chi connectivity index (χ2n) is 5.20. The van der Waals surface area contributed by atoms with E-state index in [0.29, 0.717) is 6.61 Å². The molecule has 16 heavy (non-hydrogen) atoms. The molecule has 0 aromatic heterocycles. The molecule has 0 spiro atoms. The average Bonchev–Trinajstić information content (AvgIpc) is 2.15. The van der Waals surface area contributed by atoms with E-state index in [1.165, 1.54) is 6.08 Å². The second-order valence-corrected chi connectivity index (χ2v) is 5.20. The van der Waals surface area contributed by atoms with Crippen molar-refractivity contribution in [3.05, 3.63) is 11.6 Å². The van der Waals surface area contributed by atoms with Gasteiger partial charge in [0.05, 0.1) is 12.7 Å². The maximum Gasteiger partial charge on any atom is 0.328 e. The summed E-state index contributed by atoms with van der Waals surface area (Å²) in [6.45, 7) is 10.6. The van der Waals surface area contributed by atoms with Gasteiger partial charge in [-0.05, 0) is 33.3 Å². The Morgan fingerprint density at radius 3 is 2.62 bits per heavy atom. The molecule has 1 rings (SSSR count). The van der Waals surface area contributed by atoms with Crippen molar-refractivity contribution < 1.29 is 14.6 Å². The normalized spacial score (nSPS) is 24.5. The van der Waals surface area contributed by atoms with Crippen molar-refractivity contribution in [2.24, 2.45) is 0 Å². The molecular weight excluding hydrogens is 206 g/mol. The van der Waals surface area contributed by atoms with E-state index >= 15 is 0 Å². The van der Waals surface area contributed by atoms with Crippen LogP contribution in [0.3, 0.4) is 0 Å². The lowest BCUT2D eigenvalue weighted by atomic mass is 10.0. The van der Waals surface area contributed by atoms with Gasteiger partial charge in [-0.15, -0.1) is 0 Å². The molecule has 4 heteroatoms. The highest BCUT2D eigenvalue weighted by Crippen LogP contribution is 2.20. The fourth-order valence-corrected chi connectivity index (χ4v) is 1.82. The van der Waals surface area contributed by atoms with Gasteiger partial charge in [0.2, 0.25) is 0 Å². The van der Waals surface area contributed by atoms with Crippen LogP contribution in [-0.4, -0.2) is 47.3 Å². The standard InChI is InChI=1S/C12H21NO3/c1-9(7-11(14)15)10-8-13(5-6-16-10)12(2,3)4/h7,10H,5-6,8H2,1-4H3,(H,14,15)/b9-7+/t10-/m0/s1. The molecule has 0 saturated carbocycles. The van der Waals surface area contributed by atoms with E-state index in [-0.39, 0.29) is 11.6 Å². The number of nitrogens with zero attached hydrogens (tertiary/aromatic N) is 1. The van der Waals surface area contributed by atoms with Gasteiger partial charge in [-0.25, -0.2) is 4.79 Å². The number of ether oxygens (including phenoxy) is 1. The minimum atomic E-state index is -0.908. The highest BCUT2D eigenvalue weighted by molar-refractivity contribution is 5.80. The molecule has 0 unspecified atom stereocenters. The van der Waals surface area contributed by atoms with Crippen molar-refractivity contribution in [1.82, 2.24) is 4.90 Å². The van der Waals surface area contributed by atoms with Crippen LogP contribution in [-0.2, 0) is 9.53 Å². The summed E-state index contributed by atoms with van der Waals surface area (Å²) in [5.74, 6) is -0.908. The van der Waals surface area contributed by atoms with Gasteiger partial charge in [0.25, 0.3) is 0 Å². The summed E-state index contributed by atoms with van der Waals surface area (Å²) >= 11 is 0. The predicted octanol–water partition coefficient (Wildman–Crippen LogP) is 1.52. The Kier molecular flexibility index (Phi) is 4.10. The molecular formula is C12H21NO3. The molecule has 0 aliphatic carbocycles. The molecule has 1 atom stereocenters. The van der Waals surface area contributed by atoms with Gasteiger partial charge < -0.3 is 9.84 Å². The van der Waals surface area contributed by atoms with Crippen LogP contribution >= 0.6 is 0 Å². The predicted molar refractivity (Wildman–Crippen MR) is 62.5 cm³/mol. The lowest BCUT2D eigenvalue weighted by Crippen LogP contribution is -2.51. The van der Waals surface area contributed by atoms with Crippen LogP contribution in [0.5, 0.6) is 0 Å². The van der Waals surface area contributed by atoms with Crippen LogP contribution in [0.2, 0.25) is 0 Å². The van der Waals surface area contributed by atoms with Crippen molar-refractivity contribution in [1.29, 1.82) is 0 Å². The van der Waals surface area contributed by atoms with Gasteiger partial charge in [-0.3, -0.25) is 4.90 Å². The zero-order chi connectivity index (χ0) is 12.3. The second kappa shape index (κ2) is 4.97. The lowest BCUT2D eigenvalue weighted by Gasteiger charge is -2.41. The Bertz CT molecular complexity index is 291. The minimum absolute atomic E-state index is 0.0934. The maximum atomic E-state index is 10.6.